The molecule has 0 aliphatic heterocycles. The number of halogens is 2. The molecule has 126 valence electrons. The minimum atomic E-state index is 0. The van der Waals surface area contributed by atoms with Gasteiger partial charge in [0.1, 0.15) is 6.61 Å². The summed E-state index contributed by atoms with van der Waals surface area (Å²) in [6.45, 7) is 1.59. The molecule has 0 fully saturated rings. The van der Waals surface area contributed by atoms with E-state index < -0.39 is 0 Å². The molecule has 0 bridgehead atoms. The van der Waals surface area contributed by atoms with Crippen LogP contribution in [-0.4, -0.2) is 25.4 Å². The lowest BCUT2D eigenvalue weighted by molar-refractivity contribution is -0.00000599. The van der Waals surface area contributed by atoms with E-state index in [4.69, 9.17) is 26.2 Å². The molecule has 2 rings (SSSR count). The summed E-state index contributed by atoms with van der Waals surface area (Å²) in [4.78, 5) is 0. The number of rotatable bonds is 8. The number of methoxy groups -OCH3 is 1. The van der Waals surface area contributed by atoms with Gasteiger partial charge in [0.15, 0.2) is 11.5 Å². The second kappa shape index (κ2) is 10.3. The molecule has 0 saturated heterocycles. The molecule has 0 unspecified atom stereocenters. The van der Waals surface area contributed by atoms with Crippen molar-refractivity contribution >= 4 is 11.6 Å². The number of ether oxygens (including phenoxy) is 2. The van der Waals surface area contributed by atoms with Crippen LogP contribution in [0.4, 0.5) is 0 Å². The first-order valence-electron chi connectivity index (χ1n) is 7.10. The fraction of sp³-hybridized carbons (Fsp3) is 0.294. The van der Waals surface area contributed by atoms with E-state index in [1.165, 1.54) is 0 Å². The first-order chi connectivity index (χ1) is 10.8. The van der Waals surface area contributed by atoms with E-state index in [0.717, 1.165) is 11.1 Å². The third-order valence-electron chi connectivity index (χ3n) is 3.21. The van der Waals surface area contributed by atoms with Gasteiger partial charge in [0, 0.05) is 29.2 Å². The van der Waals surface area contributed by atoms with Crippen LogP contribution in [0.2, 0.25) is 5.02 Å². The molecule has 0 atom stereocenters. The van der Waals surface area contributed by atoms with Crippen molar-refractivity contribution in [3.63, 3.8) is 0 Å². The summed E-state index contributed by atoms with van der Waals surface area (Å²) in [6.07, 6.45) is 0. The average Bonchev–Trinajstić information content (AvgIpc) is 2.55. The van der Waals surface area contributed by atoms with Crippen LogP contribution in [0.3, 0.4) is 0 Å². The van der Waals surface area contributed by atoms with Gasteiger partial charge >= 0.3 is 0 Å². The number of para-hydroxylation sites is 1. The molecule has 0 aromatic heterocycles. The van der Waals surface area contributed by atoms with Crippen molar-refractivity contribution in [3.05, 3.63) is 58.6 Å². The predicted molar refractivity (Wildman–Crippen MR) is 87.6 cm³/mol. The van der Waals surface area contributed by atoms with E-state index in [9.17, 15) is 0 Å². The minimum absolute atomic E-state index is 0. The van der Waals surface area contributed by atoms with E-state index in [0.29, 0.717) is 36.2 Å². The second-order valence-corrected chi connectivity index (χ2v) is 5.14. The van der Waals surface area contributed by atoms with E-state index in [1.807, 2.05) is 42.5 Å². The highest BCUT2D eigenvalue weighted by molar-refractivity contribution is 6.31. The Bertz CT molecular complexity index is 608. The van der Waals surface area contributed by atoms with E-state index >= 15 is 0 Å². The predicted octanol–water partition coefficient (Wildman–Crippen LogP) is 0.0135. The van der Waals surface area contributed by atoms with Crippen molar-refractivity contribution in [3.8, 4) is 11.5 Å². The quantitative estimate of drug-likeness (QED) is 0.654. The number of hydrogen-bond acceptors (Lipinski definition) is 4. The second-order valence-electron chi connectivity index (χ2n) is 4.73. The van der Waals surface area contributed by atoms with Gasteiger partial charge in [-0.1, -0.05) is 41.9 Å². The van der Waals surface area contributed by atoms with Crippen molar-refractivity contribution in [2.45, 2.75) is 13.2 Å². The summed E-state index contributed by atoms with van der Waals surface area (Å²) >= 11 is 6.15. The van der Waals surface area contributed by atoms with Crippen LogP contribution in [0.25, 0.3) is 0 Å². The first-order valence-corrected chi connectivity index (χ1v) is 7.47. The molecule has 0 radical (unpaired) electrons. The van der Waals surface area contributed by atoms with Crippen LogP contribution < -0.4 is 27.2 Å². The molecule has 0 aliphatic carbocycles. The van der Waals surface area contributed by atoms with Crippen LogP contribution in [0.5, 0.6) is 11.5 Å². The molecular weight excluding hydrogens is 337 g/mol. The highest BCUT2D eigenvalue weighted by Gasteiger charge is 2.11. The largest absolute Gasteiger partial charge is 1.00 e. The molecule has 0 heterocycles. The normalized spacial score (nSPS) is 10.0. The van der Waals surface area contributed by atoms with Gasteiger partial charge in [-0.15, -0.1) is 0 Å². The number of aliphatic hydroxyl groups is 1. The Labute approximate surface area is 147 Å². The molecule has 6 heteroatoms. The molecule has 0 amide bonds. The Morgan fingerprint density at radius 3 is 2.52 bits per heavy atom. The Balaban J connectivity index is 0.00000264. The molecule has 0 spiro atoms. The van der Waals surface area contributed by atoms with Crippen LogP contribution in [-0.2, 0) is 13.2 Å². The zero-order chi connectivity index (χ0) is 15.8. The van der Waals surface area contributed by atoms with Gasteiger partial charge in [0.05, 0.1) is 13.7 Å². The fourth-order valence-electron chi connectivity index (χ4n) is 2.09. The van der Waals surface area contributed by atoms with Gasteiger partial charge < -0.3 is 32.3 Å². The molecule has 4 nitrogen and oxygen atoms in total. The Morgan fingerprint density at radius 2 is 1.83 bits per heavy atom. The Morgan fingerprint density at radius 1 is 1.09 bits per heavy atom. The summed E-state index contributed by atoms with van der Waals surface area (Å²) in [5, 5.41) is 12.7. The van der Waals surface area contributed by atoms with Crippen molar-refractivity contribution in [1.82, 2.24) is 5.32 Å². The van der Waals surface area contributed by atoms with E-state index in [-0.39, 0.29) is 19.0 Å². The number of hydrogen-bond donors (Lipinski definition) is 2. The van der Waals surface area contributed by atoms with Crippen molar-refractivity contribution < 1.29 is 27.0 Å². The van der Waals surface area contributed by atoms with Crippen LogP contribution >= 0.6 is 11.6 Å². The molecule has 2 aromatic rings. The summed E-state index contributed by atoms with van der Waals surface area (Å²) in [6, 6.07) is 13.3. The monoisotopic (exact) mass is 356 g/mol. The van der Waals surface area contributed by atoms with Gasteiger partial charge in [0.25, 0.3) is 0 Å². The van der Waals surface area contributed by atoms with Gasteiger partial charge in [-0.05, 0) is 12.1 Å². The van der Waals surface area contributed by atoms with Crippen molar-refractivity contribution in [2.75, 3.05) is 20.3 Å². The molecule has 0 saturated carbocycles. The Kier molecular flexibility index (Phi) is 8.81. The topological polar surface area (TPSA) is 50.7 Å². The van der Waals surface area contributed by atoms with Gasteiger partial charge in [0.2, 0.25) is 0 Å². The van der Waals surface area contributed by atoms with Gasteiger partial charge in [-0.3, -0.25) is 0 Å². The third kappa shape index (κ3) is 5.59. The molecular formula is C17H20Cl2NO3-. The maximum Gasteiger partial charge on any atom is 0.166 e. The van der Waals surface area contributed by atoms with Crippen molar-refractivity contribution in [1.29, 1.82) is 0 Å². The molecule has 2 N–H and O–H groups in total. The first kappa shape index (κ1) is 19.6. The lowest BCUT2D eigenvalue weighted by Gasteiger charge is -2.16. The minimum Gasteiger partial charge on any atom is -1.00 e. The smallest absolute Gasteiger partial charge is 0.166 e. The number of nitrogens with one attached hydrogen (secondary N) is 1. The lowest BCUT2D eigenvalue weighted by atomic mass is 10.1. The SMILES string of the molecule is COc1cccc(CNCCO)c1OCc1ccccc1Cl.[Cl-]. The average molecular weight is 357 g/mol. The van der Waals surface area contributed by atoms with E-state index in [2.05, 4.69) is 5.32 Å². The summed E-state index contributed by atoms with van der Waals surface area (Å²) in [5.74, 6) is 1.37. The standard InChI is InChI=1S/C17H20ClNO3.ClH/c1-21-16-8-4-6-13(11-19-9-10-20)17(16)22-12-14-5-2-3-7-15(14)18;/h2-8,19-20H,9-12H2,1H3;1H/p-1. The lowest BCUT2D eigenvalue weighted by Crippen LogP contribution is -3.00. The van der Waals surface area contributed by atoms with Crippen molar-refractivity contribution in [2.24, 2.45) is 0 Å². The Hall–Kier alpha value is -1.46. The summed E-state index contributed by atoms with van der Waals surface area (Å²) < 4.78 is 11.3. The zero-order valence-electron chi connectivity index (χ0n) is 12.9. The molecule has 0 aliphatic rings. The number of aliphatic hydroxyl groups excluding tert-OH is 1. The van der Waals surface area contributed by atoms with Crippen LogP contribution in [0.1, 0.15) is 11.1 Å². The molecule has 23 heavy (non-hydrogen) atoms. The van der Waals surface area contributed by atoms with Crippen LogP contribution in [0.15, 0.2) is 42.5 Å². The highest BCUT2D eigenvalue weighted by Crippen LogP contribution is 2.32. The fourth-order valence-corrected chi connectivity index (χ4v) is 2.28. The van der Waals surface area contributed by atoms with Gasteiger partial charge in [-0.25, -0.2) is 0 Å². The zero-order valence-corrected chi connectivity index (χ0v) is 14.4. The summed E-state index contributed by atoms with van der Waals surface area (Å²) in [5.41, 5.74) is 1.89. The third-order valence-corrected chi connectivity index (χ3v) is 3.58. The number of benzene rings is 2. The van der Waals surface area contributed by atoms with Crippen LogP contribution in [0, 0.1) is 0 Å². The summed E-state index contributed by atoms with van der Waals surface area (Å²) in [7, 11) is 1.61. The van der Waals surface area contributed by atoms with E-state index in [1.54, 1.807) is 7.11 Å². The maximum atomic E-state index is 8.86. The molecule has 2 aromatic carbocycles. The highest BCUT2D eigenvalue weighted by atomic mass is 35.5. The maximum absolute atomic E-state index is 8.86. The van der Waals surface area contributed by atoms with Gasteiger partial charge in [-0.2, -0.15) is 0 Å².